The minimum Gasteiger partial charge on any atom is -0.367 e. The Kier molecular flexibility index (Phi) is 5.47. The molecule has 0 saturated carbocycles. The van der Waals surface area contributed by atoms with E-state index in [0.717, 1.165) is 17.0 Å². The molecule has 0 amide bonds. The van der Waals surface area contributed by atoms with Gasteiger partial charge in [-0.05, 0) is 52.3 Å². The van der Waals surface area contributed by atoms with E-state index < -0.39 is 10.0 Å². The fraction of sp³-hybridized carbons (Fsp3) is 0.412. The Morgan fingerprint density at radius 1 is 1.04 bits per heavy atom. The van der Waals surface area contributed by atoms with Gasteiger partial charge in [-0.15, -0.1) is 10.2 Å². The first kappa shape index (κ1) is 20.0. The summed E-state index contributed by atoms with van der Waals surface area (Å²) in [4.78, 5) is 0.0804. The second kappa shape index (κ2) is 7.68. The van der Waals surface area contributed by atoms with Gasteiger partial charge in [0.15, 0.2) is 11.6 Å². The lowest BCUT2D eigenvalue weighted by Crippen LogP contribution is -2.29. The third-order valence-electron chi connectivity index (χ3n) is 4.48. The molecule has 3 rings (SSSR count). The normalized spacial score (nSPS) is 11.8. The molecule has 0 radical (unpaired) electrons. The van der Waals surface area contributed by atoms with Gasteiger partial charge in [-0.1, -0.05) is 5.16 Å². The Balaban J connectivity index is 1.58. The maximum Gasteiger partial charge on any atom is 0.246 e. The number of anilines is 1. The molecule has 0 atom stereocenters. The van der Waals surface area contributed by atoms with Crippen LogP contribution >= 0.6 is 0 Å². The highest BCUT2D eigenvalue weighted by Gasteiger charge is 2.23. The number of sulfonamides is 1. The van der Waals surface area contributed by atoms with Gasteiger partial charge in [0.05, 0.1) is 5.69 Å². The molecule has 3 aromatic heterocycles. The van der Waals surface area contributed by atoms with Crippen molar-refractivity contribution in [2.24, 2.45) is 0 Å². The van der Waals surface area contributed by atoms with E-state index in [0.29, 0.717) is 23.9 Å². The van der Waals surface area contributed by atoms with Crippen LogP contribution in [0.15, 0.2) is 21.6 Å². The Bertz CT molecular complexity index is 1070. The Labute approximate surface area is 163 Å². The number of aryl methyl sites for hydroxylation is 3. The van der Waals surface area contributed by atoms with Crippen molar-refractivity contribution in [3.63, 3.8) is 0 Å². The number of nitrogens with zero attached hydrogens (tertiary/aromatic N) is 5. The maximum atomic E-state index is 12.3. The molecular weight excluding hydrogens is 382 g/mol. The summed E-state index contributed by atoms with van der Waals surface area (Å²) >= 11 is 0. The highest BCUT2D eigenvalue weighted by molar-refractivity contribution is 7.89. The van der Waals surface area contributed by atoms with Crippen LogP contribution in [0.1, 0.15) is 28.4 Å². The Morgan fingerprint density at radius 3 is 2.32 bits per heavy atom. The van der Waals surface area contributed by atoms with Gasteiger partial charge in [-0.3, -0.25) is 0 Å². The van der Waals surface area contributed by atoms with Crippen molar-refractivity contribution in [1.82, 2.24) is 29.9 Å². The van der Waals surface area contributed by atoms with Crippen LogP contribution in [0, 0.1) is 34.6 Å². The number of nitrogens with one attached hydrogen (secondary N) is 2. The summed E-state index contributed by atoms with van der Waals surface area (Å²) in [6.07, 6.45) is 0. The van der Waals surface area contributed by atoms with E-state index in [-0.39, 0.29) is 17.2 Å². The Hall–Kier alpha value is -2.79. The smallest absolute Gasteiger partial charge is 0.246 e. The van der Waals surface area contributed by atoms with Gasteiger partial charge in [0.1, 0.15) is 16.4 Å². The highest BCUT2D eigenvalue weighted by Crippen LogP contribution is 2.18. The first-order valence-corrected chi connectivity index (χ1v) is 10.2. The van der Waals surface area contributed by atoms with Crippen LogP contribution in [-0.2, 0) is 10.0 Å². The van der Waals surface area contributed by atoms with Gasteiger partial charge in [0.2, 0.25) is 10.0 Å². The van der Waals surface area contributed by atoms with E-state index in [4.69, 9.17) is 4.52 Å². The third-order valence-corrected chi connectivity index (χ3v) is 6.18. The maximum absolute atomic E-state index is 12.3. The van der Waals surface area contributed by atoms with Crippen molar-refractivity contribution in [2.45, 2.75) is 39.5 Å². The van der Waals surface area contributed by atoms with Crippen LogP contribution in [0.3, 0.4) is 0 Å². The van der Waals surface area contributed by atoms with Crippen molar-refractivity contribution in [2.75, 3.05) is 18.4 Å². The molecule has 0 spiro atoms. The summed E-state index contributed by atoms with van der Waals surface area (Å²) < 4.78 is 33.8. The second-order valence-electron chi connectivity index (χ2n) is 6.46. The van der Waals surface area contributed by atoms with Crippen molar-refractivity contribution in [3.05, 3.63) is 40.5 Å². The molecule has 10 nitrogen and oxygen atoms in total. The monoisotopic (exact) mass is 405 g/mol. The fourth-order valence-electron chi connectivity index (χ4n) is 2.78. The number of hydrogen-bond acceptors (Lipinski definition) is 8. The quantitative estimate of drug-likeness (QED) is 0.567. The van der Waals surface area contributed by atoms with Gasteiger partial charge in [0.25, 0.3) is 0 Å². The zero-order valence-corrected chi connectivity index (χ0v) is 17.3. The van der Waals surface area contributed by atoms with Crippen LogP contribution in [0.5, 0.6) is 0 Å². The third kappa shape index (κ3) is 3.90. The molecule has 3 aromatic rings. The van der Waals surface area contributed by atoms with Crippen LogP contribution in [0.25, 0.3) is 5.82 Å². The predicted octanol–water partition coefficient (Wildman–Crippen LogP) is 1.58. The van der Waals surface area contributed by atoms with Crippen LogP contribution in [0.2, 0.25) is 0 Å². The first-order valence-electron chi connectivity index (χ1n) is 8.74. The molecule has 0 saturated heterocycles. The van der Waals surface area contributed by atoms with Gasteiger partial charge < -0.3 is 9.84 Å². The van der Waals surface area contributed by atoms with Gasteiger partial charge in [-0.25, -0.2) is 17.8 Å². The SMILES string of the molecule is Cc1nn(-c2ccc(NCCNS(=O)(=O)c3c(C)noc3C)nn2)c(C)c1C. The van der Waals surface area contributed by atoms with Crippen LogP contribution in [-0.4, -0.2) is 46.6 Å². The molecule has 11 heteroatoms. The lowest BCUT2D eigenvalue weighted by Gasteiger charge is -2.08. The number of hydrogen-bond donors (Lipinski definition) is 2. The number of aromatic nitrogens is 5. The summed E-state index contributed by atoms with van der Waals surface area (Å²) in [6.45, 7) is 9.61. The van der Waals surface area contributed by atoms with E-state index in [1.807, 2.05) is 26.8 Å². The highest BCUT2D eigenvalue weighted by atomic mass is 32.2. The molecule has 3 heterocycles. The van der Waals surface area contributed by atoms with Gasteiger partial charge in [0, 0.05) is 18.8 Å². The molecule has 150 valence electrons. The lowest BCUT2D eigenvalue weighted by atomic mass is 10.2. The second-order valence-corrected chi connectivity index (χ2v) is 8.17. The molecule has 0 bridgehead atoms. The topological polar surface area (TPSA) is 128 Å². The van der Waals surface area contributed by atoms with Crippen LogP contribution in [0.4, 0.5) is 5.82 Å². The Morgan fingerprint density at radius 2 is 1.79 bits per heavy atom. The van der Waals surface area contributed by atoms with E-state index in [9.17, 15) is 8.42 Å². The molecule has 2 N–H and O–H groups in total. The minimum atomic E-state index is -3.68. The van der Waals surface area contributed by atoms with Crippen molar-refractivity contribution in [3.8, 4) is 5.82 Å². The van der Waals surface area contributed by atoms with Crippen molar-refractivity contribution in [1.29, 1.82) is 0 Å². The fourth-order valence-corrected chi connectivity index (χ4v) is 4.14. The first-order chi connectivity index (χ1) is 13.2. The minimum absolute atomic E-state index is 0.0804. The number of rotatable bonds is 7. The van der Waals surface area contributed by atoms with E-state index in [1.54, 1.807) is 24.6 Å². The van der Waals surface area contributed by atoms with Crippen molar-refractivity contribution >= 4 is 15.8 Å². The van der Waals surface area contributed by atoms with Crippen LogP contribution < -0.4 is 10.0 Å². The molecule has 0 aliphatic rings. The summed E-state index contributed by atoms with van der Waals surface area (Å²) in [6, 6.07) is 3.58. The molecule has 0 aromatic carbocycles. The van der Waals surface area contributed by atoms with E-state index in [1.165, 1.54) is 0 Å². The summed E-state index contributed by atoms with van der Waals surface area (Å²) in [5.74, 6) is 1.43. The summed E-state index contributed by atoms with van der Waals surface area (Å²) in [5, 5.41) is 19.5. The molecule has 0 aliphatic heterocycles. The lowest BCUT2D eigenvalue weighted by molar-refractivity contribution is 0.390. The summed E-state index contributed by atoms with van der Waals surface area (Å²) in [5.41, 5.74) is 3.42. The molecular formula is C17H23N7O3S. The standard InChI is InChI=1S/C17H23N7O3S/c1-10-11(2)22-24(13(10)4)16-7-6-15(20-21-16)18-8-9-19-28(25,26)17-12(3)23-27-14(17)5/h6-7,19H,8-9H2,1-5H3,(H,18,20). The predicted molar refractivity (Wildman–Crippen MR) is 103 cm³/mol. The van der Waals surface area contributed by atoms with E-state index >= 15 is 0 Å². The zero-order valence-electron chi connectivity index (χ0n) is 16.4. The van der Waals surface area contributed by atoms with Gasteiger partial charge in [-0.2, -0.15) is 5.10 Å². The average Bonchev–Trinajstić information content (AvgIpc) is 3.13. The summed E-state index contributed by atoms with van der Waals surface area (Å²) in [7, 11) is -3.68. The average molecular weight is 405 g/mol. The molecule has 28 heavy (non-hydrogen) atoms. The molecule has 0 unspecified atom stereocenters. The zero-order chi connectivity index (χ0) is 20.5. The largest absolute Gasteiger partial charge is 0.367 e. The van der Waals surface area contributed by atoms with Crippen molar-refractivity contribution < 1.29 is 12.9 Å². The molecule has 0 fully saturated rings. The molecule has 0 aliphatic carbocycles. The van der Waals surface area contributed by atoms with E-state index in [2.05, 4.69) is 30.5 Å². The van der Waals surface area contributed by atoms with Gasteiger partial charge >= 0.3 is 0 Å².